The van der Waals surface area contributed by atoms with Crippen molar-refractivity contribution in [1.29, 1.82) is 0 Å². The Labute approximate surface area is 133 Å². The zero-order valence-electron chi connectivity index (χ0n) is 12.6. The number of rotatable bonds is 3. The Morgan fingerprint density at radius 3 is 2.45 bits per heavy atom. The van der Waals surface area contributed by atoms with Crippen molar-refractivity contribution in [3.63, 3.8) is 0 Å². The Balaban J connectivity index is 2.26. The third-order valence-electron chi connectivity index (χ3n) is 3.86. The molecule has 1 rings (SSSR count). The van der Waals surface area contributed by atoms with Gasteiger partial charge in [-0.3, -0.25) is 10.9 Å². The van der Waals surface area contributed by atoms with Crippen molar-refractivity contribution in [1.82, 2.24) is 21.5 Å². The van der Waals surface area contributed by atoms with Gasteiger partial charge in [-0.05, 0) is 49.6 Å². The molecule has 1 saturated carbocycles. The molecule has 0 aromatic heterocycles. The third-order valence-corrected chi connectivity index (χ3v) is 4.33. The van der Waals surface area contributed by atoms with Crippen molar-refractivity contribution in [3.8, 4) is 0 Å². The van der Waals surface area contributed by atoms with Crippen LogP contribution < -0.4 is 21.5 Å². The summed E-state index contributed by atoms with van der Waals surface area (Å²) in [5.74, 6) is 1.38. The van der Waals surface area contributed by atoms with Gasteiger partial charge in [0.05, 0.1) is 0 Å². The van der Waals surface area contributed by atoms with Crippen LogP contribution in [0.5, 0.6) is 0 Å². The third kappa shape index (κ3) is 6.05. The van der Waals surface area contributed by atoms with Crippen molar-refractivity contribution in [2.75, 3.05) is 6.54 Å². The van der Waals surface area contributed by atoms with Crippen LogP contribution in [0.15, 0.2) is 12.2 Å². The average molecular weight is 315 g/mol. The van der Waals surface area contributed by atoms with Crippen molar-refractivity contribution >= 4 is 34.7 Å². The first-order valence-corrected chi connectivity index (χ1v) is 7.96. The molecule has 0 saturated heterocycles. The minimum atomic E-state index is 0.442. The standard InChI is InChI=1S/C14H26N4S2/c1-9(2)8-15-13(19)17-18-14(20)16-12-7-5-6-10(3)11(12)4/h10-12H,1,5-8H2,2-4H3,(H2,15,17,19)(H2,16,18,20)/t10-,11+,12+/m0/s1. The fraction of sp³-hybridized carbons (Fsp3) is 0.714. The Morgan fingerprint density at radius 1 is 1.15 bits per heavy atom. The molecule has 0 aromatic rings. The zero-order chi connectivity index (χ0) is 15.1. The topological polar surface area (TPSA) is 48.1 Å². The van der Waals surface area contributed by atoms with Crippen LogP contribution in [0, 0.1) is 11.8 Å². The number of hydrazine groups is 1. The fourth-order valence-electron chi connectivity index (χ4n) is 2.38. The van der Waals surface area contributed by atoms with Crippen LogP contribution in [0.4, 0.5) is 0 Å². The van der Waals surface area contributed by atoms with E-state index in [9.17, 15) is 0 Å². The lowest BCUT2D eigenvalue weighted by molar-refractivity contribution is 0.224. The molecule has 0 heterocycles. The first-order chi connectivity index (χ1) is 9.40. The predicted octanol–water partition coefficient (Wildman–Crippen LogP) is 2.23. The van der Waals surface area contributed by atoms with E-state index in [1.807, 2.05) is 6.92 Å². The molecule has 4 nitrogen and oxygen atoms in total. The molecule has 0 aromatic carbocycles. The van der Waals surface area contributed by atoms with Crippen LogP contribution in [0.1, 0.15) is 40.0 Å². The summed E-state index contributed by atoms with van der Waals surface area (Å²) in [6.07, 6.45) is 3.75. The van der Waals surface area contributed by atoms with Crippen molar-refractivity contribution in [2.45, 2.75) is 46.1 Å². The maximum atomic E-state index is 5.29. The maximum absolute atomic E-state index is 5.29. The van der Waals surface area contributed by atoms with Gasteiger partial charge < -0.3 is 10.6 Å². The van der Waals surface area contributed by atoms with Gasteiger partial charge in [0, 0.05) is 12.6 Å². The van der Waals surface area contributed by atoms with Gasteiger partial charge in [0.25, 0.3) is 0 Å². The Hall–Kier alpha value is -0.880. The molecule has 1 aliphatic rings. The van der Waals surface area contributed by atoms with Gasteiger partial charge in [0.15, 0.2) is 10.2 Å². The summed E-state index contributed by atoms with van der Waals surface area (Å²) in [5, 5.41) is 7.51. The van der Waals surface area contributed by atoms with E-state index >= 15 is 0 Å². The molecule has 0 amide bonds. The SMILES string of the molecule is C=C(C)CNC(=S)NNC(=S)N[C@@H]1CCC[C@H](C)[C@H]1C. The summed E-state index contributed by atoms with van der Waals surface area (Å²) < 4.78 is 0. The second kappa shape index (κ2) is 8.42. The van der Waals surface area contributed by atoms with Crippen LogP contribution in [-0.2, 0) is 0 Å². The summed E-state index contributed by atoms with van der Waals surface area (Å²) in [6, 6.07) is 0.442. The van der Waals surface area contributed by atoms with Crippen LogP contribution >= 0.6 is 24.4 Å². The largest absolute Gasteiger partial charge is 0.358 e. The smallest absolute Gasteiger partial charge is 0.185 e. The molecule has 3 atom stereocenters. The summed E-state index contributed by atoms with van der Waals surface area (Å²) >= 11 is 10.4. The monoisotopic (exact) mass is 314 g/mol. The minimum absolute atomic E-state index is 0.442. The molecule has 4 N–H and O–H groups in total. The van der Waals surface area contributed by atoms with E-state index in [1.54, 1.807) is 0 Å². The number of hydrogen-bond donors (Lipinski definition) is 4. The van der Waals surface area contributed by atoms with E-state index in [-0.39, 0.29) is 0 Å². The Bertz CT molecular complexity index is 370. The van der Waals surface area contributed by atoms with Crippen LogP contribution in [0.25, 0.3) is 0 Å². The highest BCUT2D eigenvalue weighted by molar-refractivity contribution is 7.80. The van der Waals surface area contributed by atoms with E-state index in [0.29, 0.717) is 28.7 Å². The molecule has 6 heteroatoms. The highest BCUT2D eigenvalue weighted by atomic mass is 32.1. The quantitative estimate of drug-likeness (QED) is 0.364. The van der Waals surface area contributed by atoms with Gasteiger partial charge in [-0.25, -0.2) is 0 Å². The average Bonchev–Trinajstić information content (AvgIpc) is 2.39. The van der Waals surface area contributed by atoms with Crippen LogP contribution in [0.3, 0.4) is 0 Å². The van der Waals surface area contributed by atoms with E-state index in [2.05, 4.69) is 41.9 Å². The highest BCUT2D eigenvalue weighted by Gasteiger charge is 2.27. The Morgan fingerprint density at radius 2 is 1.80 bits per heavy atom. The summed E-state index contributed by atoms with van der Waals surface area (Å²) in [5.41, 5.74) is 6.83. The number of hydrogen-bond acceptors (Lipinski definition) is 2. The molecule has 0 radical (unpaired) electrons. The number of nitrogens with one attached hydrogen (secondary N) is 4. The lowest BCUT2D eigenvalue weighted by atomic mass is 9.78. The van der Waals surface area contributed by atoms with E-state index in [1.165, 1.54) is 19.3 Å². The lowest BCUT2D eigenvalue weighted by Gasteiger charge is -2.35. The van der Waals surface area contributed by atoms with E-state index in [0.717, 1.165) is 11.5 Å². The molecule has 0 unspecified atom stereocenters. The van der Waals surface area contributed by atoms with Gasteiger partial charge >= 0.3 is 0 Å². The number of thiocarbonyl (C=S) groups is 2. The van der Waals surface area contributed by atoms with Gasteiger partial charge in [-0.2, -0.15) is 0 Å². The molecule has 0 aliphatic heterocycles. The van der Waals surface area contributed by atoms with Crippen molar-refractivity contribution in [3.05, 3.63) is 12.2 Å². The summed E-state index contributed by atoms with van der Waals surface area (Å²) in [7, 11) is 0. The molecule has 114 valence electrons. The van der Waals surface area contributed by atoms with Gasteiger partial charge in [0.2, 0.25) is 0 Å². The molecule has 0 bridgehead atoms. The highest BCUT2D eigenvalue weighted by Crippen LogP contribution is 2.29. The summed E-state index contributed by atoms with van der Waals surface area (Å²) in [6.45, 7) is 11.0. The maximum Gasteiger partial charge on any atom is 0.185 e. The van der Waals surface area contributed by atoms with E-state index < -0.39 is 0 Å². The second-order valence-corrected chi connectivity index (χ2v) is 6.55. The minimum Gasteiger partial charge on any atom is -0.358 e. The molecule has 1 fully saturated rings. The molecule has 20 heavy (non-hydrogen) atoms. The van der Waals surface area contributed by atoms with Crippen LogP contribution in [0.2, 0.25) is 0 Å². The Kier molecular flexibility index (Phi) is 7.23. The van der Waals surface area contributed by atoms with Gasteiger partial charge in [-0.15, -0.1) is 0 Å². The van der Waals surface area contributed by atoms with Gasteiger partial charge in [-0.1, -0.05) is 38.8 Å². The normalized spacial score (nSPS) is 25.4. The molecular formula is C14H26N4S2. The van der Waals surface area contributed by atoms with E-state index in [4.69, 9.17) is 24.4 Å². The fourth-order valence-corrected chi connectivity index (χ4v) is 2.70. The lowest BCUT2D eigenvalue weighted by Crippen LogP contribution is -2.54. The molecular weight excluding hydrogens is 288 g/mol. The zero-order valence-corrected chi connectivity index (χ0v) is 14.2. The molecule has 1 aliphatic carbocycles. The van der Waals surface area contributed by atoms with Crippen molar-refractivity contribution < 1.29 is 0 Å². The van der Waals surface area contributed by atoms with Gasteiger partial charge in [0.1, 0.15) is 0 Å². The van der Waals surface area contributed by atoms with Crippen LogP contribution in [-0.4, -0.2) is 22.8 Å². The first kappa shape index (κ1) is 17.2. The summed E-state index contributed by atoms with van der Waals surface area (Å²) in [4.78, 5) is 0. The predicted molar refractivity (Wildman–Crippen MR) is 93.4 cm³/mol. The van der Waals surface area contributed by atoms with Crippen molar-refractivity contribution in [2.24, 2.45) is 11.8 Å². The first-order valence-electron chi connectivity index (χ1n) is 7.15. The second-order valence-electron chi connectivity index (χ2n) is 5.74. The molecule has 0 spiro atoms.